The molecule has 0 aliphatic heterocycles. The van der Waals surface area contributed by atoms with Crippen LogP contribution in [0, 0.1) is 18.8 Å². The van der Waals surface area contributed by atoms with Crippen LogP contribution in [-0.2, 0) is 9.59 Å². The second-order valence-electron chi connectivity index (χ2n) is 7.10. The molecule has 0 bridgehead atoms. The number of halogens is 1. The van der Waals surface area contributed by atoms with Gasteiger partial charge in [0.2, 0.25) is 11.8 Å². The van der Waals surface area contributed by atoms with Gasteiger partial charge in [0.25, 0.3) is 5.91 Å². The van der Waals surface area contributed by atoms with E-state index in [-0.39, 0.29) is 24.3 Å². The van der Waals surface area contributed by atoms with Gasteiger partial charge in [-0.25, -0.2) is 0 Å². The first-order valence-corrected chi connectivity index (χ1v) is 9.46. The number of anilines is 2. The molecule has 0 spiro atoms. The highest BCUT2D eigenvalue weighted by Gasteiger charge is 2.39. The maximum absolute atomic E-state index is 12.3. The van der Waals surface area contributed by atoms with Gasteiger partial charge in [0.15, 0.2) is 0 Å². The van der Waals surface area contributed by atoms with Crippen LogP contribution >= 0.6 is 11.6 Å². The van der Waals surface area contributed by atoms with Gasteiger partial charge in [-0.3, -0.25) is 14.4 Å². The highest BCUT2D eigenvalue weighted by atomic mass is 35.5. The van der Waals surface area contributed by atoms with E-state index in [0.29, 0.717) is 27.9 Å². The van der Waals surface area contributed by atoms with Crippen LogP contribution in [-0.4, -0.2) is 24.3 Å². The second kappa shape index (κ2) is 8.44. The minimum Gasteiger partial charge on any atom is -0.343 e. The maximum Gasteiger partial charge on any atom is 0.251 e. The molecule has 3 N–H and O–H groups in total. The lowest BCUT2D eigenvalue weighted by Gasteiger charge is -2.10. The highest BCUT2D eigenvalue weighted by molar-refractivity contribution is 6.33. The Morgan fingerprint density at radius 2 is 1.86 bits per heavy atom. The van der Waals surface area contributed by atoms with Gasteiger partial charge in [-0.2, -0.15) is 0 Å². The molecule has 0 radical (unpaired) electrons. The van der Waals surface area contributed by atoms with Crippen molar-refractivity contribution in [3.63, 3.8) is 0 Å². The van der Waals surface area contributed by atoms with Crippen molar-refractivity contribution in [3.05, 3.63) is 58.6 Å². The number of amides is 3. The number of hydrogen-bond donors (Lipinski definition) is 3. The van der Waals surface area contributed by atoms with Gasteiger partial charge in [-0.05, 0) is 55.2 Å². The van der Waals surface area contributed by atoms with Gasteiger partial charge < -0.3 is 16.0 Å². The van der Waals surface area contributed by atoms with Crippen molar-refractivity contribution in [2.24, 2.45) is 11.8 Å². The van der Waals surface area contributed by atoms with Crippen molar-refractivity contribution >= 4 is 40.7 Å². The first-order chi connectivity index (χ1) is 13.3. The molecule has 1 aliphatic rings. The van der Waals surface area contributed by atoms with Crippen LogP contribution in [0.4, 0.5) is 11.4 Å². The van der Waals surface area contributed by atoms with Crippen LogP contribution in [0.15, 0.2) is 42.5 Å². The quantitative estimate of drug-likeness (QED) is 0.693. The molecular formula is C21H22ClN3O3. The van der Waals surface area contributed by atoms with Crippen molar-refractivity contribution in [2.75, 3.05) is 17.2 Å². The minimum atomic E-state index is -0.402. The van der Waals surface area contributed by atoms with E-state index in [9.17, 15) is 14.4 Å². The summed E-state index contributed by atoms with van der Waals surface area (Å²) in [5.41, 5.74) is 2.40. The molecule has 0 aromatic heterocycles. The van der Waals surface area contributed by atoms with Gasteiger partial charge in [0, 0.05) is 17.2 Å². The molecule has 0 heterocycles. The molecule has 3 amide bonds. The zero-order chi connectivity index (χ0) is 20.3. The fourth-order valence-corrected chi connectivity index (χ4v) is 3.12. The summed E-state index contributed by atoms with van der Waals surface area (Å²) in [4.78, 5) is 36.4. The van der Waals surface area contributed by atoms with Crippen molar-refractivity contribution in [2.45, 2.75) is 20.3 Å². The Balaban J connectivity index is 1.53. The van der Waals surface area contributed by atoms with E-state index in [4.69, 9.17) is 11.6 Å². The lowest BCUT2D eigenvalue weighted by atomic mass is 10.2. The Kier molecular flexibility index (Phi) is 5.99. The third-order valence-corrected chi connectivity index (χ3v) is 4.96. The molecule has 3 rings (SSSR count). The number of aryl methyl sites for hydroxylation is 1. The third kappa shape index (κ3) is 5.10. The first-order valence-electron chi connectivity index (χ1n) is 9.08. The smallest absolute Gasteiger partial charge is 0.251 e. The predicted octanol–water partition coefficient (Wildman–Crippen LogP) is 3.61. The zero-order valence-electron chi connectivity index (χ0n) is 15.7. The number of benzene rings is 2. The number of hydrogen-bond acceptors (Lipinski definition) is 3. The molecule has 2 aromatic carbocycles. The fourth-order valence-electron chi connectivity index (χ4n) is 2.84. The Morgan fingerprint density at radius 3 is 2.54 bits per heavy atom. The van der Waals surface area contributed by atoms with Gasteiger partial charge in [0.1, 0.15) is 0 Å². The molecule has 2 aromatic rings. The first kappa shape index (κ1) is 19.9. The molecular weight excluding hydrogens is 378 g/mol. The SMILES string of the molecule is Cc1ccc(NC(=O)CNC(=O)c2cccc(NC(=O)C3CC3C)c2)c(Cl)c1. The fraction of sp³-hybridized carbons (Fsp3) is 0.286. The van der Waals surface area contributed by atoms with E-state index >= 15 is 0 Å². The van der Waals surface area contributed by atoms with E-state index in [1.807, 2.05) is 19.9 Å². The second-order valence-corrected chi connectivity index (χ2v) is 7.51. The standard InChI is InChI=1S/C21H22ClN3O3/c1-12-6-7-18(17(22)8-12)25-19(26)11-23-20(27)14-4-3-5-15(10-14)24-21(28)16-9-13(16)2/h3-8,10,13,16H,9,11H2,1-2H3,(H,23,27)(H,24,28)(H,25,26). The molecule has 146 valence electrons. The van der Waals surface area contributed by atoms with Gasteiger partial charge in [0.05, 0.1) is 17.3 Å². The van der Waals surface area contributed by atoms with Crippen LogP contribution < -0.4 is 16.0 Å². The number of rotatable bonds is 6. The molecule has 28 heavy (non-hydrogen) atoms. The predicted molar refractivity (Wildman–Crippen MR) is 109 cm³/mol. The van der Waals surface area contributed by atoms with Crippen molar-refractivity contribution in [1.29, 1.82) is 0 Å². The van der Waals surface area contributed by atoms with Gasteiger partial charge in [-0.15, -0.1) is 0 Å². The van der Waals surface area contributed by atoms with Crippen LogP contribution in [0.3, 0.4) is 0 Å². The lowest BCUT2D eigenvalue weighted by molar-refractivity contribution is -0.117. The summed E-state index contributed by atoms with van der Waals surface area (Å²) in [6.07, 6.45) is 0.895. The van der Waals surface area contributed by atoms with Crippen molar-refractivity contribution in [1.82, 2.24) is 5.32 Å². The van der Waals surface area contributed by atoms with Crippen molar-refractivity contribution in [3.8, 4) is 0 Å². The molecule has 1 aliphatic carbocycles. The summed E-state index contributed by atoms with van der Waals surface area (Å²) in [7, 11) is 0. The van der Waals surface area contributed by atoms with Crippen molar-refractivity contribution < 1.29 is 14.4 Å². The molecule has 7 heteroatoms. The highest BCUT2D eigenvalue weighted by Crippen LogP contribution is 2.38. The van der Waals surface area contributed by atoms with Gasteiger partial charge >= 0.3 is 0 Å². The number of carbonyl (C=O) groups excluding carboxylic acids is 3. The van der Waals surface area contributed by atoms with Crippen LogP contribution in [0.5, 0.6) is 0 Å². The maximum atomic E-state index is 12.3. The van der Waals surface area contributed by atoms with Crippen LogP contribution in [0.25, 0.3) is 0 Å². The van der Waals surface area contributed by atoms with E-state index in [1.54, 1.807) is 36.4 Å². The minimum absolute atomic E-state index is 0.0283. The Labute approximate surface area is 168 Å². The average Bonchev–Trinajstić information content (AvgIpc) is 3.39. The summed E-state index contributed by atoms with van der Waals surface area (Å²) in [6.45, 7) is 3.74. The molecule has 0 saturated heterocycles. The van der Waals surface area contributed by atoms with E-state index < -0.39 is 5.91 Å². The van der Waals surface area contributed by atoms with E-state index in [2.05, 4.69) is 16.0 Å². The normalized spacial score (nSPS) is 17.5. The molecule has 1 fully saturated rings. The summed E-state index contributed by atoms with van der Waals surface area (Å²) in [6, 6.07) is 11.9. The lowest BCUT2D eigenvalue weighted by Crippen LogP contribution is -2.33. The Hall–Kier alpha value is -2.86. The zero-order valence-corrected chi connectivity index (χ0v) is 16.5. The Morgan fingerprint density at radius 1 is 1.11 bits per heavy atom. The van der Waals surface area contributed by atoms with E-state index in [1.165, 1.54) is 0 Å². The summed E-state index contributed by atoms with van der Waals surface area (Å²) in [5.74, 6) is -0.353. The van der Waals surface area contributed by atoms with Gasteiger partial charge in [-0.1, -0.05) is 30.7 Å². The Bertz CT molecular complexity index is 929. The topological polar surface area (TPSA) is 87.3 Å². The molecule has 6 nitrogen and oxygen atoms in total. The van der Waals surface area contributed by atoms with Crippen LogP contribution in [0.1, 0.15) is 29.3 Å². The number of carbonyl (C=O) groups is 3. The van der Waals surface area contributed by atoms with Crippen LogP contribution in [0.2, 0.25) is 5.02 Å². The molecule has 1 saturated carbocycles. The molecule has 2 unspecified atom stereocenters. The third-order valence-electron chi connectivity index (χ3n) is 4.65. The number of nitrogens with one attached hydrogen (secondary N) is 3. The van der Waals surface area contributed by atoms with E-state index in [0.717, 1.165) is 12.0 Å². The monoisotopic (exact) mass is 399 g/mol. The largest absolute Gasteiger partial charge is 0.343 e. The summed E-state index contributed by atoms with van der Waals surface area (Å²) < 4.78 is 0. The summed E-state index contributed by atoms with van der Waals surface area (Å²) >= 11 is 6.09. The summed E-state index contributed by atoms with van der Waals surface area (Å²) in [5, 5.41) is 8.49. The average molecular weight is 400 g/mol. The molecule has 2 atom stereocenters.